The zero-order valence-electron chi connectivity index (χ0n) is 23.4. The molecule has 1 aromatic heterocycles. The summed E-state index contributed by atoms with van der Waals surface area (Å²) < 4.78 is 27.5. The number of thiazole rings is 1. The number of para-hydroxylation sites is 1. The van der Waals surface area contributed by atoms with E-state index in [4.69, 9.17) is 9.47 Å². The van der Waals surface area contributed by atoms with Gasteiger partial charge in [0.2, 0.25) is 0 Å². The molecule has 1 aliphatic heterocycles. The minimum atomic E-state index is -0.679. The average molecular weight is 571 g/mol. The standard InChI is InChI=1S/C33H31FN2O4S/c1-5-39-32(38)29-21(4)35-33-36(30(29)23-16-14-22(15-17-23)20(2)3)31(37)28(41-33)18-24-10-7-9-13-27(24)40-19-25-11-6-8-12-26(25)34/h6-18,20,30H,5,19H2,1-4H3. The van der Waals surface area contributed by atoms with E-state index >= 15 is 0 Å². The van der Waals surface area contributed by atoms with E-state index in [0.29, 0.717) is 43.4 Å². The van der Waals surface area contributed by atoms with Crippen molar-refractivity contribution in [2.45, 2.75) is 46.3 Å². The molecule has 3 aromatic carbocycles. The maximum Gasteiger partial charge on any atom is 0.338 e. The maximum absolute atomic E-state index is 14.2. The van der Waals surface area contributed by atoms with Crippen LogP contribution in [0.3, 0.4) is 0 Å². The summed E-state index contributed by atoms with van der Waals surface area (Å²) >= 11 is 1.25. The maximum atomic E-state index is 14.2. The third kappa shape index (κ3) is 5.79. The van der Waals surface area contributed by atoms with Gasteiger partial charge in [-0.1, -0.05) is 85.8 Å². The molecule has 0 amide bonds. The normalized spacial score (nSPS) is 15.1. The fourth-order valence-corrected chi connectivity index (χ4v) is 5.85. The largest absolute Gasteiger partial charge is 0.488 e. The SMILES string of the molecule is CCOC(=O)C1=C(C)N=c2sc(=Cc3ccccc3OCc3ccccc3F)c(=O)n2C1c1ccc(C(C)C)cc1. The van der Waals surface area contributed by atoms with Gasteiger partial charge in [-0.15, -0.1) is 0 Å². The van der Waals surface area contributed by atoms with Crippen LogP contribution in [0.15, 0.2) is 93.9 Å². The van der Waals surface area contributed by atoms with Crippen molar-refractivity contribution in [3.63, 3.8) is 0 Å². The highest BCUT2D eigenvalue weighted by Crippen LogP contribution is 2.31. The summed E-state index contributed by atoms with van der Waals surface area (Å²) in [6.07, 6.45) is 1.75. The van der Waals surface area contributed by atoms with E-state index in [1.807, 2.05) is 42.5 Å². The van der Waals surface area contributed by atoms with Crippen molar-refractivity contribution in [1.29, 1.82) is 0 Å². The molecule has 1 atom stereocenters. The van der Waals surface area contributed by atoms with Crippen molar-refractivity contribution in [3.8, 4) is 5.75 Å². The molecular formula is C33H31FN2O4S. The van der Waals surface area contributed by atoms with Gasteiger partial charge < -0.3 is 9.47 Å². The molecule has 0 spiro atoms. The van der Waals surface area contributed by atoms with Crippen LogP contribution in [-0.4, -0.2) is 17.1 Å². The van der Waals surface area contributed by atoms with E-state index < -0.39 is 12.0 Å². The molecule has 41 heavy (non-hydrogen) atoms. The van der Waals surface area contributed by atoms with Crippen LogP contribution in [0.5, 0.6) is 5.75 Å². The van der Waals surface area contributed by atoms with Crippen LogP contribution in [0.25, 0.3) is 6.08 Å². The molecule has 0 bridgehead atoms. The molecule has 0 saturated heterocycles. The zero-order chi connectivity index (χ0) is 29.1. The number of rotatable bonds is 8. The van der Waals surface area contributed by atoms with E-state index in [0.717, 1.165) is 11.1 Å². The third-order valence-electron chi connectivity index (χ3n) is 6.98. The monoisotopic (exact) mass is 570 g/mol. The van der Waals surface area contributed by atoms with E-state index in [1.165, 1.54) is 17.4 Å². The molecule has 0 saturated carbocycles. The van der Waals surface area contributed by atoms with E-state index in [9.17, 15) is 14.0 Å². The van der Waals surface area contributed by atoms with Crippen molar-refractivity contribution in [2.24, 2.45) is 4.99 Å². The molecule has 0 fully saturated rings. The summed E-state index contributed by atoms with van der Waals surface area (Å²) in [5.74, 6) is 0.0275. The molecule has 0 radical (unpaired) electrons. The van der Waals surface area contributed by atoms with Crippen molar-refractivity contribution in [2.75, 3.05) is 6.61 Å². The number of ether oxygens (including phenoxy) is 2. The Kier molecular flexibility index (Phi) is 8.31. The number of carbonyl (C=O) groups excluding carboxylic acids is 1. The lowest BCUT2D eigenvalue weighted by molar-refractivity contribution is -0.139. The number of nitrogens with zero attached hydrogens (tertiary/aromatic N) is 2. The number of esters is 1. The van der Waals surface area contributed by atoms with Crippen LogP contribution in [0, 0.1) is 5.82 Å². The molecule has 5 rings (SSSR count). The fourth-order valence-electron chi connectivity index (χ4n) is 4.81. The van der Waals surface area contributed by atoms with Gasteiger partial charge in [0.05, 0.1) is 28.5 Å². The summed E-state index contributed by atoms with van der Waals surface area (Å²) in [5.41, 5.74) is 3.66. The predicted octanol–water partition coefficient (Wildman–Crippen LogP) is 5.64. The van der Waals surface area contributed by atoms with Crippen molar-refractivity contribution in [3.05, 3.63) is 132 Å². The van der Waals surface area contributed by atoms with Crippen molar-refractivity contribution in [1.82, 2.24) is 4.57 Å². The molecule has 6 nitrogen and oxygen atoms in total. The lowest BCUT2D eigenvalue weighted by atomic mass is 9.93. The first-order valence-electron chi connectivity index (χ1n) is 13.5. The number of hydrogen-bond donors (Lipinski definition) is 0. The van der Waals surface area contributed by atoms with Gasteiger partial charge in [-0.05, 0) is 49.1 Å². The number of halogens is 1. The minimum absolute atomic E-state index is 0.0489. The second-order valence-electron chi connectivity index (χ2n) is 10.0. The molecular weight excluding hydrogens is 539 g/mol. The van der Waals surface area contributed by atoms with Gasteiger partial charge in [-0.3, -0.25) is 9.36 Å². The number of hydrogen-bond acceptors (Lipinski definition) is 6. The minimum Gasteiger partial charge on any atom is -0.488 e. The van der Waals surface area contributed by atoms with Gasteiger partial charge >= 0.3 is 5.97 Å². The number of aromatic nitrogens is 1. The fraction of sp³-hybridized carbons (Fsp3) is 0.242. The Morgan fingerprint density at radius 3 is 2.49 bits per heavy atom. The van der Waals surface area contributed by atoms with Crippen LogP contribution in [0.4, 0.5) is 4.39 Å². The van der Waals surface area contributed by atoms with Crippen molar-refractivity contribution >= 4 is 23.4 Å². The van der Waals surface area contributed by atoms with Crippen molar-refractivity contribution < 1.29 is 18.7 Å². The molecule has 0 aliphatic carbocycles. The van der Waals surface area contributed by atoms with Gasteiger partial charge in [0.25, 0.3) is 5.56 Å². The highest BCUT2D eigenvalue weighted by atomic mass is 32.1. The first-order chi connectivity index (χ1) is 19.8. The second kappa shape index (κ2) is 12.1. The highest BCUT2D eigenvalue weighted by Gasteiger charge is 2.33. The van der Waals surface area contributed by atoms with Gasteiger partial charge in [-0.2, -0.15) is 0 Å². The quantitative estimate of drug-likeness (QED) is 0.257. The number of allylic oxidation sites excluding steroid dienone is 1. The summed E-state index contributed by atoms with van der Waals surface area (Å²) in [4.78, 5) is 32.2. The molecule has 210 valence electrons. The highest BCUT2D eigenvalue weighted by molar-refractivity contribution is 7.07. The van der Waals surface area contributed by atoms with Gasteiger partial charge in [0.1, 0.15) is 18.2 Å². The van der Waals surface area contributed by atoms with Gasteiger partial charge in [0, 0.05) is 11.1 Å². The first kappa shape index (κ1) is 28.2. The summed E-state index contributed by atoms with van der Waals surface area (Å²) in [6.45, 7) is 8.01. The van der Waals surface area contributed by atoms with E-state index in [-0.39, 0.29) is 24.6 Å². The van der Waals surface area contributed by atoms with Crippen LogP contribution in [-0.2, 0) is 16.1 Å². The topological polar surface area (TPSA) is 69.9 Å². The summed E-state index contributed by atoms with van der Waals surface area (Å²) in [7, 11) is 0. The number of carbonyl (C=O) groups is 1. The Balaban J connectivity index is 1.60. The second-order valence-corrected chi connectivity index (χ2v) is 11.1. The third-order valence-corrected chi connectivity index (χ3v) is 7.97. The molecule has 1 unspecified atom stereocenters. The molecule has 1 aliphatic rings. The molecule has 0 N–H and O–H groups in total. The van der Waals surface area contributed by atoms with E-state index in [1.54, 1.807) is 48.8 Å². The molecule has 8 heteroatoms. The average Bonchev–Trinajstić information content (AvgIpc) is 3.26. The Labute approximate surface area is 241 Å². The summed E-state index contributed by atoms with van der Waals surface area (Å²) in [6, 6.07) is 21.0. The Morgan fingerprint density at radius 1 is 1.07 bits per heavy atom. The Morgan fingerprint density at radius 2 is 1.78 bits per heavy atom. The van der Waals surface area contributed by atoms with Crippen LogP contribution >= 0.6 is 11.3 Å². The number of benzene rings is 3. The van der Waals surface area contributed by atoms with Crippen LogP contribution < -0.4 is 19.6 Å². The molecule has 4 aromatic rings. The lowest BCUT2D eigenvalue weighted by Crippen LogP contribution is -2.39. The van der Waals surface area contributed by atoms with Crippen LogP contribution in [0.1, 0.15) is 61.9 Å². The van der Waals surface area contributed by atoms with Gasteiger partial charge in [0.15, 0.2) is 4.80 Å². The molecule has 2 heterocycles. The zero-order valence-corrected chi connectivity index (χ0v) is 24.2. The Hall–Kier alpha value is -4.30. The smallest absolute Gasteiger partial charge is 0.338 e. The first-order valence-corrected chi connectivity index (χ1v) is 14.3. The summed E-state index contributed by atoms with van der Waals surface area (Å²) in [5, 5.41) is 0. The Bertz CT molecular complexity index is 1800. The predicted molar refractivity (Wildman–Crippen MR) is 158 cm³/mol. The van der Waals surface area contributed by atoms with Crippen LogP contribution in [0.2, 0.25) is 0 Å². The lowest BCUT2D eigenvalue weighted by Gasteiger charge is -2.25. The number of fused-ring (bicyclic) bond motifs is 1. The van der Waals surface area contributed by atoms with Gasteiger partial charge in [-0.25, -0.2) is 14.2 Å². The van der Waals surface area contributed by atoms with E-state index in [2.05, 4.69) is 18.8 Å².